The van der Waals surface area contributed by atoms with Crippen molar-refractivity contribution < 1.29 is 0 Å². The Labute approximate surface area is 794 Å². The molecule has 0 unspecified atom stereocenters. The Bertz CT molecular complexity index is 6340. The van der Waals surface area contributed by atoms with Crippen LogP contribution in [-0.4, -0.2) is 15.8 Å². The quantitative estimate of drug-likeness (QED) is 0.107. The van der Waals surface area contributed by atoms with Gasteiger partial charge < -0.3 is 18.9 Å². The molecular formula is C127H149BN4. The number of anilines is 6. The highest BCUT2D eigenvalue weighted by molar-refractivity contribution is 7.00. The third kappa shape index (κ3) is 18.5. The van der Waals surface area contributed by atoms with Gasteiger partial charge in [0.1, 0.15) is 0 Å². The Hall–Kier alpha value is -10.9. The predicted octanol–water partition coefficient (Wildman–Crippen LogP) is 34.4. The Balaban J connectivity index is 1.10. The molecule has 132 heavy (non-hydrogen) atoms. The minimum atomic E-state index is -0.293. The summed E-state index contributed by atoms with van der Waals surface area (Å²) in [5, 5.41) is 5.16. The molecule has 15 aromatic rings. The van der Waals surface area contributed by atoms with E-state index in [1.54, 1.807) is 0 Å². The van der Waals surface area contributed by atoms with Gasteiger partial charge in [0.2, 0.25) is 0 Å². The zero-order chi connectivity index (χ0) is 95.1. The van der Waals surface area contributed by atoms with Crippen molar-refractivity contribution in [2.45, 2.75) is 293 Å². The molecule has 4 nitrogen and oxygen atoms in total. The van der Waals surface area contributed by atoms with Gasteiger partial charge in [0.25, 0.3) is 6.71 Å². The van der Waals surface area contributed by atoms with Gasteiger partial charge >= 0.3 is 0 Å². The van der Waals surface area contributed by atoms with Crippen molar-refractivity contribution in [1.82, 2.24) is 9.13 Å². The summed E-state index contributed by atoms with van der Waals surface area (Å²) in [4.78, 5) is 5.70. The van der Waals surface area contributed by atoms with Crippen LogP contribution < -0.4 is 26.2 Å². The molecule has 17 rings (SSSR count). The lowest BCUT2D eigenvalue weighted by molar-refractivity contribution is 0.411. The van der Waals surface area contributed by atoms with E-state index in [9.17, 15) is 0 Å². The molecule has 680 valence electrons. The van der Waals surface area contributed by atoms with E-state index in [2.05, 4.69) is 490 Å². The highest BCUT2D eigenvalue weighted by Gasteiger charge is 2.47. The van der Waals surface area contributed by atoms with Crippen molar-refractivity contribution in [2.24, 2.45) is 27.1 Å². The summed E-state index contributed by atoms with van der Waals surface area (Å²) < 4.78 is 5.26. The summed E-state index contributed by atoms with van der Waals surface area (Å²) in [5.41, 5.74) is 41.0. The van der Waals surface area contributed by atoms with E-state index in [0.29, 0.717) is 0 Å². The topological polar surface area (TPSA) is 16.3 Å². The van der Waals surface area contributed by atoms with Crippen LogP contribution in [0.1, 0.15) is 290 Å². The summed E-state index contributed by atoms with van der Waals surface area (Å²) in [6.07, 6.45) is 4.68. The first-order valence-corrected chi connectivity index (χ1v) is 49.3. The van der Waals surface area contributed by atoms with E-state index in [4.69, 9.17) is 0 Å². The van der Waals surface area contributed by atoms with E-state index >= 15 is 0 Å². The average Bonchev–Trinajstić information content (AvgIpc) is 0.918. The number of benzene rings is 13. The molecule has 0 atom stereocenters. The number of fused-ring (bicyclic) bond motifs is 10. The smallest absolute Gasteiger partial charge is 0.252 e. The van der Waals surface area contributed by atoms with Crippen LogP contribution in [0.2, 0.25) is 0 Å². The van der Waals surface area contributed by atoms with Crippen molar-refractivity contribution >= 4 is 101 Å². The lowest BCUT2D eigenvalue weighted by Gasteiger charge is -2.46. The molecule has 2 aromatic heterocycles. The third-order valence-corrected chi connectivity index (χ3v) is 27.6. The Morgan fingerprint density at radius 1 is 0.212 bits per heavy atom. The van der Waals surface area contributed by atoms with Gasteiger partial charge in [-0.3, -0.25) is 0 Å². The van der Waals surface area contributed by atoms with Gasteiger partial charge in [-0.15, -0.1) is 0 Å². The van der Waals surface area contributed by atoms with Crippen LogP contribution in [0.15, 0.2) is 243 Å². The molecule has 0 aliphatic carbocycles. The minimum Gasteiger partial charge on any atom is -0.310 e. The van der Waals surface area contributed by atoms with E-state index in [1.165, 1.54) is 177 Å². The molecule has 0 fully saturated rings. The van der Waals surface area contributed by atoms with Gasteiger partial charge in [0, 0.05) is 77.9 Å². The molecule has 13 aromatic carbocycles. The largest absolute Gasteiger partial charge is 0.310 e. The normalized spacial score (nSPS) is 13.9. The second-order valence-electron chi connectivity index (χ2n) is 52.1. The fourth-order valence-electron chi connectivity index (χ4n) is 21.3. The van der Waals surface area contributed by atoms with Crippen molar-refractivity contribution in [3.63, 3.8) is 0 Å². The Morgan fingerprint density at radius 2 is 0.455 bits per heavy atom. The maximum absolute atomic E-state index is 2.85. The predicted molar refractivity (Wildman–Crippen MR) is 579 cm³/mol. The zero-order valence-electron chi connectivity index (χ0n) is 86.5. The molecule has 0 spiro atoms. The molecule has 0 bridgehead atoms. The van der Waals surface area contributed by atoms with Gasteiger partial charge in [0.05, 0.1) is 33.4 Å². The molecule has 0 saturated carbocycles. The minimum absolute atomic E-state index is 0.0880. The van der Waals surface area contributed by atoms with Crippen LogP contribution in [0.3, 0.4) is 0 Å². The summed E-state index contributed by atoms with van der Waals surface area (Å²) >= 11 is 0. The van der Waals surface area contributed by atoms with Crippen LogP contribution in [0.4, 0.5) is 34.1 Å². The third-order valence-electron chi connectivity index (χ3n) is 27.6. The van der Waals surface area contributed by atoms with Gasteiger partial charge in [0.15, 0.2) is 0 Å². The maximum Gasteiger partial charge on any atom is 0.252 e. The molecule has 4 heterocycles. The van der Waals surface area contributed by atoms with Crippen molar-refractivity contribution in [1.29, 1.82) is 0 Å². The maximum atomic E-state index is 2.85. The summed E-state index contributed by atoms with van der Waals surface area (Å²) in [6.45, 7) is 78.6. The average molecular weight is 1740 g/mol. The monoisotopic (exact) mass is 1740 g/mol. The molecular weight excluding hydrogens is 1590 g/mol. The molecule has 0 amide bonds. The fourth-order valence-corrected chi connectivity index (χ4v) is 21.3. The molecule has 0 radical (unpaired) electrons. The van der Waals surface area contributed by atoms with Crippen LogP contribution in [-0.2, 0) is 64.6 Å². The molecule has 2 aliphatic heterocycles. The number of nitrogens with zero attached hydrogens (tertiary/aromatic N) is 4. The second-order valence-corrected chi connectivity index (χ2v) is 52.1. The lowest BCUT2D eigenvalue weighted by Crippen LogP contribution is -2.61. The van der Waals surface area contributed by atoms with E-state index in [-0.39, 0.29) is 66.3 Å². The fraction of sp³-hybridized carbons (Fsp3) is 0.386. The molecule has 5 heteroatoms. The van der Waals surface area contributed by atoms with Gasteiger partial charge in [-0.25, -0.2) is 0 Å². The molecule has 2 aliphatic rings. The summed E-state index contributed by atoms with van der Waals surface area (Å²) in [5.74, 6) is 0. The van der Waals surface area contributed by atoms with Crippen LogP contribution in [0.25, 0.3) is 99.5 Å². The molecule has 0 saturated heterocycles. The Kier molecular flexibility index (Phi) is 22.9. The molecule has 0 N–H and O–H groups in total. The Morgan fingerprint density at radius 3 is 0.689 bits per heavy atom. The highest BCUT2D eigenvalue weighted by atomic mass is 15.2. The standard InChI is InChI=1S/C127H149BN4/c1-117(2,3)74-79-46-54-106-100(58-79)101-59-80(75-118(4,5)6)47-55-107(101)129(106)94-50-52-104-110(72-94)131(115-96(84-38-34-42-88(64-84)122(16,17)18)68-92(126(28,29)30)69-97(115)85-39-35-43-89(65-85)123(19,20)21)112-62-83(78-121(13,14)15)63-113-114(112)128(104)105-53-51-95(130-108-56-48-81(76-119(7,8)9)60-102(108)103-61-82(49-57-109(103)130)77-120(10,11)12)73-111(105)132(113)116-98(86-40-36-44-90(66-86)124(22,23)24)70-93(127(31,32)33)71-99(116)87-41-37-45-91(67-87)125(25,26)27/h34-73H,74-78H2,1-33H3. The number of hydrogen-bond donors (Lipinski definition) is 0. The van der Waals surface area contributed by atoms with Crippen molar-refractivity contribution in [2.75, 3.05) is 9.80 Å². The van der Waals surface area contributed by atoms with Crippen LogP contribution in [0.5, 0.6) is 0 Å². The summed E-state index contributed by atoms with van der Waals surface area (Å²) in [7, 11) is 0. The highest BCUT2D eigenvalue weighted by Crippen LogP contribution is 2.57. The van der Waals surface area contributed by atoms with Crippen LogP contribution in [0, 0.1) is 27.1 Å². The van der Waals surface area contributed by atoms with Gasteiger partial charge in [-0.05, 0) is 301 Å². The summed E-state index contributed by atoms with van der Waals surface area (Å²) in [6, 6.07) is 99.5. The van der Waals surface area contributed by atoms with E-state index in [1.807, 2.05) is 0 Å². The van der Waals surface area contributed by atoms with Crippen molar-refractivity contribution in [3.8, 4) is 55.9 Å². The van der Waals surface area contributed by atoms with Gasteiger partial charge in [-0.2, -0.15) is 0 Å². The second kappa shape index (κ2) is 32.5. The van der Waals surface area contributed by atoms with Crippen molar-refractivity contribution in [3.05, 3.63) is 304 Å². The first-order valence-electron chi connectivity index (χ1n) is 49.3. The van der Waals surface area contributed by atoms with Crippen LogP contribution >= 0.6 is 0 Å². The van der Waals surface area contributed by atoms with E-state index < -0.39 is 0 Å². The van der Waals surface area contributed by atoms with E-state index in [0.717, 1.165) is 66.2 Å². The number of rotatable bonds is 13. The van der Waals surface area contributed by atoms with Gasteiger partial charge in [-0.1, -0.05) is 362 Å². The number of aromatic nitrogens is 2. The number of hydrogen-bond acceptors (Lipinski definition) is 2. The zero-order valence-corrected chi connectivity index (χ0v) is 86.5. The lowest BCUT2D eigenvalue weighted by atomic mass is 9.33. The SMILES string of the molecule is CC(C)(C)Cc1cc2c3c(c1)N(c1c(-c4cccc(C(C)(C)C)c4)cc(C(C)(C)C)cc1-c1cccc(C(C)(C)C)c1)c1cc(-n4c5ccc(CC(C)(C)C)cc5c5cc(CC(C)(C)C)ccc54)ccc1B3c1ccc(-n3c4ccc(CC(C)(C)C)cc4c4cc(CC(C)(C)C)ccc43)cc1N2c1c(-c2cccc(C(C)(C)C)c2)cc(C(C)(C)C)cc1-c1cccc(C(C)(C)C)c1. The first-order chi connectivity index (χ1) is 61.3. The first kappa shape index (κ1) is 93.0.